The van der Waals surface area contributed by atoms with Gasteiger partial charge in [0.15, 0.2) is 0 Å². The van der Waals surface area contributed by atoms with Gasteiger partial charge in [-0.05, 0) is 0 Å². The molecule has 0 aliphatic carbocycles. The number of unbranched alkanes of at least 4 members (excludes halogenated alkanes) is 3. The standard InChI is InChI=1S/C6H13.CH3.Y/c1-3-5-6-4-2;;/h1,3-6H2,2H3;1H3;/q2*-1;. The maximum atomic E-state index is 3.72. The summed E-state index contributed by atoms with van der Waals surface area (Å²) in [5.41, 5.74) is 0. The van der Waals surface area contributed by atoms with Crippen LogP contribution in [-0.2, 0) is 32.7 Å². The van der Waals surface area contributed by atoms with Crippen LogP contribution in [0.25, 0.3) is 0 Å². The number of hydrogen-bond acceptors (Lipinski definition) is 0. The Morgan fingerprint density at radius 3 is 1.88 bits per heavy atom. The second-order valence-corrected chi connectivity index (χ2v) is 1.56. The monoisotopic (exact) mass is 189 g/mol. The fraction of sp³-hybridized carbons (Fsp3) is 0.714. The topological polar surface area (TPSA) is 0 Å². The van der Waals surface area contributed by atoms with E-state index in [1.165, 1.54) is 19.3 Å². The summed E-state index contributed by atoms with van der Waals surface area (Å²) < 4.78 is 0. The van der Waals surface area contributed by atoms with Gasteiger partial charge in [-0.1, -0.05) is 26.2 Å². The Hall–Kier alpha value is 1.10. The smallest absolute Gasteiger partial charge is 0 e. The molecule has 0 unspecified atom stereocenters. The largest absolute Gasteiger partial charge is 0.358 e. The molecule has 0 aromatic carbocycles. The Labute approximate surface area is 79.3 Å². The summed E-state index contributed by atoms with van der Waals surface area (Å²) in [6.45, 7) is 5.93. The molecule has 0 saturated heterocycles. The molecule has 0 aliphatic heterocycles. The molecule has 0 N–H and O–H groups in total. The predicted molar refractivity (Wildman–Crippen MR) is 35.9 cm³/mol. The van der Waals surface area contributed by atoms with Crippen LogP contribution in [0, 0.1) is 14.4 Å². The van der Waals surface area contributed by atoms with Crippen LogP contribution in [0.1, 0.15) is 32.6 Å². The van der Waals surface area contributed by atoms with Crippen molar-refractivity contribution in [2.45, 2.75) is 32.6 Å². The summed E-state index contributed by atoms with van der Waals surface area (Å²) in [4.78, 5) is 0. The van der Waals surface area contributed by atoms with E-state index in [-0.39, 0.29) is 40.1 Å². The van der Waals surface area contributed by atoms with Crippen molar-refractivity contribution in [3.63, 3.8) is 0 Å². The molecule has 0 amide bonds. The molecule has 0 aromatic rings. The molecule has 0 saturated carbocycles. The maximum Gasteiger partial charge on any atom is 0 e. The molecule has 0 fully saturated rings. The van der Waals surface area contributed by atoms with Crippen molar-refractivity contribution < 1.29 is 32.7 Å². The Morgan fingerprint density at radius 2 is 1.75 bits per heavy atom. The van der Waals surface area contributed by atoms with Crippen LogP contribution in [0.15, 0.2) is 0 Å². The molecule has 0 atom stereocenters. The molecule has 1 radical (unpaired) electrons. The van der Waals surface area contributed by atoms with Crippen LogP contribution in [0.5, 0.6) is 0 Å². The molecule has 0 aromatic heterocycles. The van der Waals surface area contributed by atoms with Gasteiger partial charge in [-0.2, -0.15) is 6.42 Å². The van der Waals surface area contributed by atoms with Gasteiger partial charge in [-0.3, -0.25) is 0 Å². The first-order chi connectivity index (χ1) is 2.91. The van der Waals surface area contributed by atoms with Crippen molar-refractivity contribution in [1.29, 1.82) is 0 Å². The second kappa shape index (κ2) is 15.7. The van der Waals surface area contributed by atoms with Crippen molar-refractivity contribution in [2.24, 2.45) is 0 Å². The first-order valence-electron chi connectivity index (χ1n) is 2.71. The summed E-state index contributed by atoms with van der Waals surface area (Å²) in [5.74, 6) is 0. The van der Waals surface area contributed by atoms with Gasteiger partial charge in [0.05, 0.1) is 0 Å². The van der Waals surface area contributed by atoms with Gasteiger partial charge in [0.1, 0.15) is 0 Å². The quantitative estimate of drug-likeness (QED) is 0.473. The molecule has 1 heteroatoms. The van der Waals surface area contributed by atoms with Crippen LogP contribution in [0.3, 0.4) is 0 Å². The Bertz CT molecular complexity index is 16.3. The van der Waals surface area contributed by atoms with E-state index in [1.807, 2.05) is 0 Å². The molecule has 0 bridgehead atoms. The number of hydrogen-bond donors (Lipinski definition) is 0. The zero-order valence-electron chi connectivity index (χ0n) is 6.11. The summed E-state index contributed by atoms with van der Waals surface area (Å²) in [7, 11) is 0. The van der Waals surface area contributed by atoms with E-state index in [2.05, 4.69) is 13.8 Å². The third-order valence-corrected chi connectivity index (χ3v) is 0.854. The predicted octanol–water partition coefficient (Wildman–Crippen LogP) is 2.85. The fourth-order valence-corrected chi connectivity index (χ4v) is 0.427. The van der Waals surface area contributed by atoms with Gasteiger partial charge < -0.3 is 14.4 Å². The molecule has 0 rings (SSSR count). The third-order valence-electron chi connectivity index (χ3n) is 0.854. The van der Waals surface area contributed by atoms with Gasteiger partial charge >= 0.3 is 0 Å². The van der Waals surface area contributed by atoms with E-state index in [9.17, 15) is 0 Å². The van der Waals surface area contributed by atoms with E-state index in [0.29, 0.717) is 0 Å². The molecular formula is C7H16Y-2. The Morgan fingerprint density at radius 1 is 1.25 bits per heavy atom. The molecular weight excluding hydrogens is 173 g/mol. The van der Waals surface area contributed by atoms with Crippen molar-refractivity contribution in [1.82, 2.24) is 0 Å². The van der Waals surface area contributed by atoms with E-state index >= 15 is 0 Å². The summed E-state index contributed by atoms with van der Waals surface area (Å²) in [6, 6.07) is 0. The first-order valence-corrected chi connectivity index (χ1v) is 2.71. The van der Waals surface area contributed by atoms with Crippen LogP contribution in [0.4, 0.5) is 0 Å². The van der Waals surface area contributed by atoms with Gasteiger partial charge in [-0.25, -0.2) is 0 Å². The summed E-state index contributed by atoms with van der Waals surface area (Å²) >= 11 is 0. The average molecular weight is 189 g/mol. The Balaban J connectivity index is -0.000000125. The van der Waals surface area contributed by atoms with Crippen LogP contribution < -0.4 is 0 Å². The molecule has 0 spiro atoms. The Kier molecular flexibility index (Phi) is 31.5. The van der Waals surface area contributed by atoms with Gasteiger partial charge in [0.2, 0.25) is 0 Å². The molecule has 0 aliphatic rings. The first kappa shape index (κ1) is 16.0. The fourth-order valence-electron chi connectivity index (χ4n) is 0.427. The van der Waals surface area contributed by atoms with Crippen LogP contribution >= 0.6 is 0 Å². The maximum absolute atomic E-state index is 3.72. The zero-order valence-corrected chi connectivity index (χ0v) is 8.95. The van der Waals surface area contributed by atoms with Crippen molar-refractivity contribution in [2.75, 3.05) is 0 Å². The molecule has 0 heterocycles. The average Bonchev–Trinajstić information content (AvgIpc) is 1.61. The van der Waals surface area contributed by atoms with E-state index in [1.54, 1.807) is 0 Å². The van der Waals surface area contributed by atoms with Crippen molar-refractivity contribution in [3.8, 4) is 0 Å². The minimum atomic E-state index is 0. The van der Waals surface area contributed by atoms with Gasteiger partial charge in [-0.15, -0.1) is 0 Å². The van der Waals surface area contributed by atoms with Gasteiger partial charge in [0, 0.05) is 32.7 Å². The van der Waals surface area contributed by atoms with Crippen molar-refractivity contribution >= 4 is 0 Å². The number of rotatable bonds is 3. The second-order valence-electron chi connectivity index (χ2n) is 1.56. The minimum absolute atomic E-state index is 0. The normalized spacial score (nSPS) is 6.75. The molecule has 0 nitrogen and oxygen atoms in total. The zero-order chi connectivity index (χ0) is 4.83. The third kappa shape index (κ3) is 15.7. The molecule has 49 valence electrons. The van der Waals surface area contributed by atoms with E-state index < -0.39 is 0 Å². The van der Waals surface area contributed by atoms with Crippen molar-refractivity contribution in [3.05, 3.63) is 14.4 Å². The SMILES string of the molecule is [CH2-]CCCCC.[CH3-].[Y]. The van der Waals surface area contributed by atoms with Crippen LogP contribution in [-0.4, -0.2) is 0 Å². The van der Waals surface area contributed by atoms with Gasteiger partial charge in [0.25, 0.3) is 0 Å². The molecule has 8 heavy (non-hydrogen) atoms. The summed E-state index contributed by atoms with van der Waals surface area (Å²) in [5, 5.41) is 0. The van der Waals surface area contributed by atoms with E-state index in [4.69, 9.17) is 0 Å². The minimum Gasteiger partial charge on any atom is -0.358 e. The van der Waals surface area contributed by atoms with E-state index in [0.717, 1.165) is 6.42 Å². The van der Waals surface area contributed by atoms with Crippen LogP contribution in [0.2, 0.25) is 0 Å². The summed E-state index contributed by atoms with van der Waals surface area (Å²) in [6.07, 6.45) is 5.07.